The van der Waals surface area contributed by atoms with Crippen molar-refractivity contribution in [2.24, 2.45) is 0 Å². The van der Waals surface area contributed by atoms with Crippen LogP contribution in [-0.2, 0) is 14.3 Å². The highest BCUT2D eigenvalue weighted by molar-refractivity contribution is 7.87. The first-order chi connectivity index (χ1) is 8.54. The predicted octanol–water partition coefficient (Wildman–Crippen LogP) is 3.30. The van der Waals surface area contributed by atoms with Crippen LogP contribution in [0.4, 0.5) is 0 Å². The van der Waals surface area contributed by atoms with Crippen LogP contribution in [0.1, 0.15) is 20.3 Å². The van der Waals surface area contributed by atoms with Crippen LogP contribution in [-0.4, -0.2) is 14.5 Å². The Morgan fingerprint density at radius 1 is 1.11 bits per heavy atom. The number of hydrogen-bond donors (Lipinski definition) is 0. The Bertz CT molecular complexity index is 604. The molecule has 0 spiro atoms. The van der Waals surface area contributed by atoms with Gasteiger partial charge in [0.15, 0.2) is 0 Å². The summed E-state index contributed by atoms with van der Waals surface area (Å²) >= 11 is 0. The Morgan fingerprint density at radius 2 is 1.83 bits per heavy atom. The molecule has 0 aliphatic heterocycles. The standard InChI is InChI=1S/C14H16O3S/c1-3-11(2)17-18(15,16)14-10-9-12-7-5-4-6-8-13(12)14/h4-11H,3H2,1-2H3. The quantitative estimate of drug-likeness (QED) is 0.796. The molecule has 0 fully saturated rings. The SMILES string of the molecule is CCC(C)OS(=O)(=O)c1ccc2cccccc1-2. The summed E-state index contributed by atoms with van der Waals surface area (Å²) < 4.78 is 29.5. The van der Waals surface area contributed by atoms with Crippen molar-refractivity contribution in [3.63, 3.8) is 0 Å². The molecule has 0 heterocycles. The monoisotopic (exact) mass is 264 g/mol. The molecule has 0 aromatic rings. The highest BCUT2D eigenvalue weighted by Crippen LogP contribution is 2.31. The third-order valence-corrected chi connectivity index (χ3v) is 4.36. The molecule has 1 unspecified atom stereocenters. The van der Waals surface area contributed by atoms with Gasteiger partial charge in [0.05, 0.1) is 6.10 Å². The molecule has 0 aromatic carbocycles. The van der Waals surface area contributed by atoms with Gasteiger partial charge in [0, 0.05) is 5.56 Å². The molecular formula is C14H16O3S. The summed E-state index contributed by atoms with van der Waals surface area (Å²) in [6.07, 6.45) is 0.350. The molecule has 2 rings (SSSR count). The Morgan fingerprint density at radius 3 is 2.56 bits per heavy atom. The van der Waals surface area contributed by atoms with Crippen molar-refractivity contribution in [3.8, 4) is 11.1 Å². The molecule has 0 aromatic heterocycles. The van der Waals surface area contributed by atoms with Gasteiger partial charge in [-0.3, -0.25) is 4.18 Å². The third-order valence-electron chi connectivity index (χ3n) is 2.89. The minimum Gasteiger partial charge on any atom is -0.263 e. The van der Waals surface area contributed by atoms with Crippen LogP contribution in [0.5, 0.6) is 0 Å². The van der Waals surface area contributed by atoms with Gasteiger partial charge in [-0.05, 0) is 25.0 Å². The first-order valence-electron chi connectivity index (χ1n) is 5.95. The normalized spacial score (nSPS) is 13.7. The Hall–Kier alpha value is -1.39. The maximum Gasteiger partial charge on any atom is 0.297 e. The second-order valence-corrected chi connectivity index (χ2v) is 5.79. The van der Waals surface area contributed by atoms with Crippen LogP contribution >= 0.6 is 0 Å². The summed E-state index contributed by atoms with van der Waals surface area (Å²) in [6, 6.07) is 12.6. The second kappa shape index (κ2) is 5.08. The van der Waals surface area contributed by atoms with Crippen LogP contribution in [0.2, 0.25) is 0 Å². The van der Waals surface area contributed by atoms with Gasteiger partial charge in [-0.2, -0.15) is 8.42 Å². The Kier molecular flexibility index (Phi) is 3.68. The van der Waals surface area contributed by atoms with E-state index < -0.39 is 10.1 Å². The van der Waals surface area contributed by atoms with Gasteiger partial charge < -0.3 is 0 Å². The van der Waals surface area contributed by atoms with Crippen molar-refractivity contribution < 1.29 is 12.6 Å². The fraction of sp³-hybridized carbons (Fsp3) is 0.286. The molecule has 3 nitrogen and oxygen atoms in total. The topological polar surface area (TPSA) is 43.4 Å². The number of fused-ring (bicyclic) bond motifs is 1. The zero-order valence-electron chi connectivity index (χ0n) is 10.5. The average Bonchev–Trinajstić information content (AvgIpc) is 2.60. The third kappa shape index (κ3) is 2.54. The van der Waals surface area contributed by atoms with Gasteiger partial charge in [-0.15, -0.1) is 0 Å². The van der Waals surface area contributed by atoms with Crippen molar-refractivity contribution in [2.75, 3.05) is 0 Å². The molecule has 0 saturated carbocycles. The molecule has 0 N–H and O–H groups in total. The summed E-state index contributed by atoms with van der Waals surface area (Å²) in [5.74, 6) is 0. The summed E-state index contributed by atoms with van der Waals surface area (Å²) in [4.78, 5) is 0.244. The van der Waals surface area contributed by atoms with E-state index in [2.05, 4.69) is 0 Å². The fourth-order valence-electron chi connectivity index (χ4n) is 1.74. The van der Waals surface area contributed by atoms with Crippen molar-refractivity contribution in [1.82, 2.24) is 0 Å². The van der Waals surface area contributed by atoms with Gasteiger partial charge in [0.1, 0.15) is 4.90 Å². The first kappa shape index (κ1) is 13.1. The maximum atomic E-state index is 12.2. The first-order valence-corrected chi connectivity index (χ1v) is 7.36. The smallest absolute Gasteiger partial charge is 0.263 e. The molecule has 2 aliphatic rings. The molecule has 4 heteroatoms. The minimum atomic E-state index is -3.68. The fourth-order valence-corrected chi connectivity index (χ4v) is 3.10. The van der Waals surface area contributed by atoms with Crippen molar-refractivity contribution in [3.05, 3.63) is 42.5 Å². The highest BCUT2D eigenvalue weighted by Gasteiger charge is 2.23. The molecule has 0 amide bonds. The van der Waals surface area contributed by atoms with E-state index in [-0.39, 0.29) is 11.0 Å². The van der Waals surface area contributed by atoms with Crippen LogP contribution in [0.25, 0.3) is 11.1 Å². The van der Waals surface area contributed by atoms with Crippen LogP contribution in [0, 0.1) is 0 Å². The van der Waals surface area contributed by atoms with Crippen molar-refractivity contribution >= 4 is 10.1 Å². The lowest BCUT2D eigenvalue weighted by atomic mass is 10.2. The lowest BCUT2D eigenvalue weighted by molar-refractivity contribution is 0.225. The lowest BCUT2D eigenvalue weighted by Gasteiger charge is -2.10. The van der Waals surface area contributed by atoms with E-state index in [0.717, 1.165) is 5.56 Å². The zero-order chi connectivity index (χ0) is 13.2. The molecule has 0 saturated heterocycles. The van der Waals surface area contributed by atoms with E-state index in [1.165, 1.54) is 0 Å². The van der Waals surface area contributed by atoms with E-state index in [1.807, 2.05) is 31.2 Å². The van der Waals surface area contributed by atoms with Crippen LogP contribution < -0.4 is 0 Å². The second-order valence-electron chi connectivity index (χ2n) is 4.25. The zero-order valence-corrected chi connectivity index (χ0v) is 11.3. The Balaban J connectivity index is 2.45. The van der Waals surface area contributed by atoms with E-state index >= 15 is 0 Å². The molecule has 0 radical (unpaired) electrons. The molecule has 18 heavy (non-hydrogen) atoms. The van der Waals surface area contributed by atoms with Crippen molar-refractivity contribution in [2.45, 2.75) is 31.3 Å². The minimum absolute atomic E-state index is 0.244. The average molecular weight is 264 g/mol. The van der Waals surface area contributed by atoms with Gasteiger partial charge in [0.25, 0.3) is 10.1 Å². The summed E-state index contributed by atoms with van der Waals surface area (Å²) in [5, 5.41) is 0. The molecular weight excluding hydrogens is 248 g/mol. The highest BCUT2D eigenvalue weighted by atomic mass is 32.2. The van der Waals surface area contributed by atoms with E-state index in [0.29, 0.717) is 12.0 Å². The lowest BCUT2D eigenvalue weighted by Crippen LogP contribution is -2.14. The van der Waals surface area contributed by atoms with Crippen molar-refractivity contribution in [1.29, 1.82) is 0 Å². The predicted molar refractivity (Wildman–Crippen MR) is 71.1 cm³/mol. The Labute approximate surface area is 108 Å². The molecule has 1 atom stereocenters. The van der Waals surface area contributed by atoms with E-state index in [9.17, 15) is 8.42 Å². The summed E-state index contributed by atoms with van der Waals surface area (Å²) in [5.41, 5.74) is 1.59. The number of rotatable bonds is 4. The van der Waals surface area contributed by atoms with E-state index in [4.69, 9.17) is 4.18 Å². The summed E-state index contributed by atoms with van der Waals surface area (Å²) in [6.45, 7) is 3.64. The number of hydrogen-bond acceptors (Lipinski definition) is 3. The maximum absolute atomic E-state index is 12.2. The van der Waals surface area contributed by atoms with Gasteiger partial charge in [0.2, 0.25) is 0 Å². The van der Waals surface area contributed by atoms with E-state index in [1.54, 1.807) is 25.1 Å². The molecule has 2 aliphatic carbocycles. The molecule has 0 bridgehead atoms. The van der Waals surface area contributed by atoms with Crippen LogP contribution in [0.3, 0.4) is 0 Å². The van der Waals surface area contributed by atoms with Gasteiger partial charge in [-0.1, -0.05) is 43.3 Å². The largest absolute Gasteiger partial charge is 0.297 e. The van der Waals surface area contributed by atoms with Gasteiger partial charge >= 0.3 is 0 Å². The van der Waals surface area contributed by atoms with Crippen LogP contribution in [0.15, 0.2) is 47.4 Å². The molecule has 96 valence electrons. The van der Waals surface area contributed by atoms with Gasteiger partial charge in [-0.25, -0.2) is 0 Å². The summed E-state index contributed by atoms with van der Waals surface area (Å²) in [7, 11) is -3.68.